The van der Waals surface area contributed by atoms with Crippen molar-refractivity contribution in [2.45, 2.75) is 0 Å². The van der Waals surface area contributed by atoms with Crippen molar-refractivity contribution >= 4 is 23.2 Å². The number of carbonyl (C=O) groups excluding carboxylic acids is 3. The Morgan fingerprint density at radius 2 is 1.38 bits per heavy atom. The molecule has 1 amide bonds. The van der Waals surface area contributed by atoms with Crippen LogP contribution in [0, 0.1) is 0 Å². The second-order valence-corrected chi connectivity index (χ2v) is 6.48. The molecule has 0 saturated heterocycles. The minimum Gasteiger partial charge on any atom is -0.497 e. The summed E-state index contributed by atoms with van der Waals surface area (Å²) in [6, 6.07) is 18.3. The molecule has 144 valence electrons. The predicted molar refractivity (Wildman–Crippen MR) is 107 cm³/mol. The number of ether oxygens (including phenoxy) is 2. The average Bonchev–Trinajstić information content (AvgIpc) is 2.76. The van der Waals surface area contributed by atoms with E-state index in [-0.39, 0.29) is 29.6 Å². The highest BCUT2D eigenvalue weighted by molar-refractivity contribution is 6.28. The Labute approximate surface area is 167 Å². The van der Waals surface area contributed by atoms with E-state index in [1.807, 2.05) is 0 Å². The molecule has 0 heterocycles. The molecule has 4 rings (SSSR count). The number of anilines is 1. The van der Waals surface area contributed by atoms with E-state index in [0.717, 1.165) is 0 Å². The summed E-state index contributed by atoms with van der Waals surface area (Å²) < 4.78 is 10.6. The zero-order valence-electron chi connectivity index (χ0n) is 15.6. The summed E-state index contributed by atoms with van der Waals surface area (Å²) in [6.45, 7) is -0.233. The van der Waals surface area contributed by atoms with Crippen molar-refractivity contribution in [1.29, 1.82) is 0 Å². The lowest BCUT2D eigenvalue weighted by Crippen LogP contribution is -2.22. The van der Waals surface area contributed by atoms with Crippen molar-refractivity contribution in [3.8, 4) is 11.5 Å². The van der Waals surface area contributed by atoms with E-state index in [1.54, 1.807) is 67.8 Å². The van der Waals surface area contributed by atoms with E-state index >= 15 is 0 Å². The number of nitrogens with one attached hydrogen (secondary N) is 1. The number of methoxy groups -OCH3 is 1. The van der Waals surface area contributed by atoms with Crippen LogP contribution in [-0.2, 0) is 4.79 Å². The van der Waals surface area contributed by atoms with Crippen molar-refractivity contribution in [2.75, 3.05) is 19.0 Å². The van der Waals surface area contributed by atoms with Gasteiger partial charge in [0.15, 0.2) is 18.2 Å². The molecule has 0 fully saturated rings. The lowest BCUT2D eigenvalue weighted by Gasteiger charge is -2.18. The van der Waals surface area contributed by atoms with Crippen LogP contribution in [0.3, 0.4) is 0 Å². The number of rotatable bonds is 5. The molecule has 6 heteroatoms. The Kier molecular flexibility index (Phi) is 4.83. The van der Waals surface area contributed by atoms with Crippen LogP contribution in [0.25, 0.3) is 0 Å². The highest BCUT2D eigenvalue weighted by Crippen LogP contribution is 2.29. The second-order valence-electron chi connectivity index (χ2n) is 6.48. The van der Waals surface area contributed by atoms with Crippen LogP contribution >= 0.6 is 0 Å². The zero-order chi connectivity index (χ0) is 20.4. The van der Waals surface area contributed by atoms with Crippen molar-refractivity contribution < 1.29 is 23.9 Å². The average molecular weight is 387 g/mol. The van der Waals surface area contributed by atoms with Crippen molar-refractivity contribution in [1.82, 2.24) is 0 Å². The third-order valence-electron chi connectivity index (χ3n) is 4.64. The monoisotopic (exact) mass is 387 g/mol. The van der Waals surface area contributed by atoms with E-state index in [0.29, 0.717) is 33.9 Å². The van der Waals surface area contributed by atoms with Crippen LogP contribution in [0.1, 0.15) is 31.8 Å². The van der Waals surface area contributed by atoms with Gasteiger partial charge in [-0.15, -0.1) is 0 Å². The third kappa shape index (κ3) is 3.60. The molecule has 0 aromatic heterocycles. The Morgan fingerprint density at radius 3 is 2.03 bits per heavy atom. The lowest BCUT2D eigenvalue weighted by atomic mass is 9.84. The lowest BCUT2D eigenvalue weighted by molar-refractivity contribution is -0.118. The molecule has 1 N–H and O–H groups in total. The molecule has 3 aromatic rings. The molecule has 0 saturated carbocycles. The van der Waals surface area contributed by atoms with Gasteiger partial charge in [-0.2, -0.15) is 0 Å². The van der Waals surface area contributed by atoms with Crippen molar-refractivity contribution in [3.05, 3.63) is 89.0 Å². The van der Waals surface area contributed by atoms with Crippen LogP contribution < -0.4 is 14.8 Å². The van der Waals surface area contributed by atoms with Gasteiger partial charge in [-0.1, -0.05) is 24.3 Å². The number of hydrogen-bond donors (Lipinski definition) is 1. The number of fused-ring (bicyclic) bond motifs is 2. The molecular formula is C23H17NO5. The first kappa shape index (κ1) is 18.4. The first-order valence-corrected chi connectivity index (χ1v) is 8.96. The summed E-state index contributed by atoms with van der Waals surface area (Å²) in [6.07, 6.45) is 0. The first-order chi connectivity index (χ1) is 14.1. The predicted octanol–water partition coefficient (Wildman–Crippen LogP) is 3.49. The highest BCUT2D eigenvalue weighted by atomic mass is 16.5. The highest BCUT2D eigenvalue weighted by Gasteiger charge is 2.29. The summed E-state index contributed by atoms with van der Waals surface area (Å²) in [5, 5.41) is 2.71. The Bertz CT molecular complexity index is 1120. The second kappa shape index (κ2) is 7.59. The number of carbonyl (C=O) groups is 3. The molecule has 6 nitrogen and oxygen atoms in total. The maximum absolute atomic E-state index is 12.7. The fourth-order valence-electron chi connectivity index (χ4n) is 3.19. The van der Waals surface area contributed by atoms with Gasteiger partial charge in [-0.25, -0.2) is 0 Å². The molecule has 1 aliphatic carbocycles. The van der Waals surface area contributed by atoms with Crippen molar-refractivity contribution in [3.63, 3.8) is 0 Å². The van der Waals surface area contributed by atoms with E-state index < -0.39 is 0 Å². The van der Waals surface area contributed by atoms with E-state index in [9.17, 15) is 14.4 Å². The summed E-state index contributed by atoms with van der Waals surface area (Å²) in [7, 11) is 1.57. The minimum absolute atomic E-state index is 0.195. The number of ketones is 2. The van der Waals surface area contributed by atoms with Crippen LogP contribution in [0.2, 0.25) is 0 Å². The Hall–Kier alpha value is -3.93. The van der Waals surface area contributed by atoms with Gasteiger partial charge in [0, 0.05) is 27.9 Å². The molecule has 0 aliphatic heterocycles. The van der Waals surface area contributed by atoms with Gasteiger partial charge in [-0.05, 0) is 42.5 Å². The van der Waals surface area contributed by atoms with Gasteiger partial charge < -0.3 is 14.8 Å². The van der Waals surface area contributed by atoms with Crippen LogP contribution in [-0.4, -0.2) is 31.2 Å². The van der Waals surface area contributed by atoms with Gasteiger partial charge in [0.2, 0.25) is 0 Å². The molecule has 0 radical (unpaired) electrons. The molecule has 0 unspecified atom stereocenters. The fourth-order valence-corrected chi connectivity index (χ4v) is 3.19. The smallest absolute Gasteiger partial charge is 0.262 e. The Morgan fingerprint density at radius 1 is 0.793 bits per heavy atom. The fraction of sp³-hybridized carbons (Fsp3) is 0.0870. The SMILES string of the molecule is COc1ccc(NC(=O)COc2ccc3c(c2)C(=O)c2ccccc2C3=O)cc1. The van der Waals surface area contributed by atoms with Crippen LogP contribution in [0.15, 0.2) is 66.7 Å². The summed E-state index contributed by atoms with van der Waals surface area (Å²) in [5.41, 5.74) is 2.00. The number of amides is 1. The van der Waals surface area contributed by atoms with Gasteiger partial charge in [0.1, 0.15) is 11.5 Å². The molecule has 29 heavy (non-hydrogen) atoms. The summed E-state index contributed by atoms with van der Waals surface area (Å²) in [4.78, 5) is 37.5. The van der Waals surface area contributed by atoms with Gasteiger partial charge in [-0.3, -0.25) is 14.4 Å². The molecule has 3 aromatic carbocycles. The molecular weight excluding hydrogens is 370 g/mol. The third-order valence-corrected chi connectivity index (χ3v) is 4.64. The van der Waals surface area contributed by atoms with Crippen LogP contribution in [0.5, 0.6) is 11.5 Å². The van der Waals surface area contributed by atoms with Gasteiger partial charge in [0.05, 0.1) is 7.11 Å². The van der Waals surface area contributed by atoms with E-state index in [4.69, 9.17) is 9.47 Å². The Balaban J connectivity index is 1.46. The number of hydrogen-bond acceptors (Lipinski definition) is 5. The van der Waals surface area contributed by atoms with E-state index in [1.165, 1.54) is 6.07 Å². The topological polar surface area (TPSA) is 81.7 Å². The quantitative estimate of drug-likeness (QED) is 0.567. The maximum atomic E-state index is 12.7. The van der Waals surface area contributed by atoms with Gasteiger partial charge >= 0.3 is 0 Å². The largest absolute Gasteiger partial charge is 0.497 e. The van der Waals surface area contributed by atoms with E-state index in [2.05, 4.69) is 5.32 Å². The maximum Gasteiger partial charge on any atom is 0.262 e. The minimum atomic E-state index is -0.347. The van der Waals surface area contributed by atoms with Crippen molar-refractivity contribution in [2.24, 2.45) is 0 Å². The molecule has 0 spiro atoms. The zero-order valence-corrected chi connectivity index (χ0v) is 15.6. The number of benzene rings is 3. The van der Waals surface area contributed by atoms with Gasteiger partial charge in [0.25, 0.3) is 5.91 Å². The molecule has 1 aliphatic rings. The summed E-state index contributed by atoms with van der Waals surface area (Å²) in [5.74, 6) is 0.256. The molecule has 0 atom stereocenters. The standard InChI is InChI=1S/C23H17NO5/c1-28-15-8-6-14(7-9-15)24-21(25)13-29-16-10-11-19-20(12-16)23(27)18-5-3-2-4-17(18)22(19)26/h2-12H,13H2,1H3,(H,24,25). The van der Waals surface area contributed by atoms with Crippen LogP contribution in [0.4, 0.5) is 5.69 Å². The normalized spacial score (nSPS) is 12.0. The summed E-state index contributed by atoms with van der Waals surface area (Å²) >= 11 is 0. The molecule has 0 bridgehead atoms. The first-order valence-electron chi connectivity index (χ1n) is 8.96.